The van der Waals surface area contributed by atoms with Crippen molar-refractivity contribution in [3.05, 3.63) is 29.3 Å². The second-order valence-corrected chi connectivity index (χ2v) is 6.86. The highest BCUT2D eigenvalue weighted by Gasteiger charge is 2.34. The minimum absolute atomic E-state index is 0.0459. The van der Waals surface area contributed by atoms with Crippen LogP contribution >= 0.6 is 0 Å². The first kappa shape index (κ1) is 20.0. The Hall–Kier alpha value is -2.28. The molecule has 1 saturated carbocycles. The molecule has 0 heterocycles. The van der Waals surface area contributed by atoms with Crippen LogP contribution < -0.4 is 15.4 Å². The molecule has 1 aliphatic carbocycles. The summed E-state index contributed by atoms with van der Waals surface area (Å²) in [6, 6.07) is 5.78. The van der Waals surface area contributed by atoms with E-state index in [0.29, 0.717) is 6.54 Å². The number of hydrogen-bond donors (Lipinski definition) is 3. The van der Waals surface area contributed by atoms with Crippen LogP contribution in [0.3, 0.4) is 0 Å². The number of amides is 2. The first-order valence-electron chi connectivity index (χ1n) is 9.01. The van der Waals surface area contributed by atoms with Gasteiger partial charge in [0.05, 0.1) is 19.7 Å². The summed E-state index contributed by atoms with van der Waals surface area (Å²) in [5.74, 6) is -0.0682. The number of carbonyl (C=O) groups excluding carboxylic acids is 1. The molecule has 0 spiro atoms. The largest absolute Gasteiger partial charge is 0.496 e. The van der Waals surface area contributed by atoms with Gasteiger partial charge in [0.1, 0.15) is 5.75 Å². The molecule has 7 heteroatoms. The quantitative estimate of drug-likeness (QED) is 0.659. The van der Waals surface area contributed by atoms with Gasteiger partial charge in [0.15, 0.2) is 0 Å². The first-order valence-corrected chi connectivity index (χ1v) is 9.01. The van der Waals surface area contributed by atoms with Gasteiger partial charge < -0.3 is 20.5 Å². The number of nitrogens with one attached hydrogen (secondary N) is 2. The van der Waals surface area contributed by atoms with Gasteiger partial charge >= 0.3 is 12.0 Å². The number of likely N-dealkylation sites (N-methyl/N-ethyl adjacent to an activating group) is 1. The summed E-state index contributed by atoms with van der Waals surface area (Å²) in [5, 5.41) is 14.8. The fourth-order valence-electron chi connectivity index (χ4n) is 3.37. The van der Waals surface area contributed by atoms with Crippen molar-refractivity contribution in [3.8, 4) is 5.75 Å². The number of hydrogen-bond acceptors (Lipinski definition) is 4. The van der Waals surface area contributed by atoms with E-state index in [9.17, 15) is 9.59 Å². The third-order valence-electron chi connectivity index (χ3n) is 4.91. The topological polar surface area (TPSA) is 90.9 Å². The molecule has 7 nitrogen and oxygen atoms in total. The monoisotopic (exact) mass is 363 g/mol. The highest BCUT2D eigenvalue weighted by Crippen LogP contribution is 2.27. The van der Waals surface area contributed by atoms with Gasteiger partial charge in [0.2, 0.25) is 0 Å². The van der Waals surface area contributed by atoms with Gasteiger partial charge in [-0.2, -0.15) is 0 Å². The van der Waals surface area contributed by atoms with Crippen LogP contribution in [-0.4, -0.2) is 54.3 Å². The Morgan fingerprint density at radius 2 is 2.08 bits per heavy atom. The van der Waals surface area contributed by atoms with Gasteiger partial charge in [-0.05, 0) is 39.3 Å². The first-order chi connectivity index (χ1) is 12.3. The number of carboxylic acids is 1. The summed E-state index contributed by atoms with van der Waals surface area (Å²) in [4.78, 5) is 25.1. The molecule has 1 aromatic rings. The Balaban J connectivity index is 1.83. The Kier molecular flexibility index (Phi) is 6.85. The molecule has 2 rings (SSSR count). The number of ether oxygens (including phenoxy) is 1. The lowest BCUT2D eigenvalue weighted by atomic mass is 9.85. The zero-order valence-corrected chi connectivity index (χ0v) is 15.9. The maximum atomic E-state index is 12.3. The Morgan fingerprint density at radius 3 is 2.65 bits per heavy atom. The molecule has 2 amide bonds. The number of rotatable bonds is 8. The van der Waals surface area contributed by atoms with Gasteiger partial charge in [0.25, 0.3) is 0 Å². The number of benzene rings is 1. The standard InChI is InChI=1S/C19H29N3O4/c1-5-22(11-18(23)24)15-9-14(10-15)21-19(25)20-13(3)16-8-12(2)6-7-17(16)26-4/h6-8,13-15H,5,9-11H2,1-4H3,(H,23,24)(H2,20,21,25)/t13-,14?,15?/m1/s1. The van der Waals surface area contributed by atoms with Crippen LogP contribution in [0.5, 0.6) is 5.75 Å². The van der Waals surface area contributed by atoms with E-state index < -0.39 is 5.97 Å². The van der Waals surface area contributed by atoms with Crippen molar-refractivity contribution in [3.63, 3.8) is 0 Å². The second-order valence-electron chi connectivity index (χ2n) is 6.86. The molecule has 26 heavy (non-hydrogen) atoms. The third-order valence-corrected chi connectivity index (χ3v) is 4.91. The van der Waals surface area contributed by atoms with Gasteiger partial charge in [-0.3, -0.25) is 9.69 Å². The van der Waals surface area contributed by atoms with Gasteiger partial charge in [0, 0.05) is 17.6 Å². The molecule has 0 aromatic heterocycles. The number of carbonyl (C=O) groups is 2. The van der Waals surface area contributed by atoms with Crippen LogP contribution in [0.1, 0.15) is 43.9 Å². The molecule has 3 N–H and O–H groups in total. The Labute approximate surface area is 154 Å². The van der Waals surface area contributed by atoms with Crippen molar-refractivity contribution in [2.24, 2.45) is 0 Å². The maximum absolute atomic E-state index is 12.3. The minimum Gasteiger partial charge on any atom is -0.496 e. The van der Waals surface area contributed by atoms with E-state index in [1.807, 2.05) is 43.9 Å². The number of methoxy groups -OCH3 is 1. The predicted octanol–water partition coefficient (Wildman–Crippen LogP) is 2.30. The normalized spacial score (nSPS) is 20.2. The fourth-order valence-corrected chi connectivity index (χ4v) is 3.37. The fraction of sp³-hybridized carbons (Fsp3) is 0.579. The van der Waals surface area contributed by atoms with E-state index in [0.717, 1.165) is 29.7 Å². The molecule has 0 unspecified atom stereocenters. The zero-order chi connectivity index (χ0) is 19.3. The van der Waals surface area contributed by atoms with Crippen LogP contribution in [0.4, 0.5) is 4.79 Å². The molecule has 0 radical (unpaired) electrons. The van der Waals surface area contributed by atoms with Crippen molar-refractivity contribution in [2.75, 3.05) is 20.2 Å². The Morgan fingerprint density at radius 1 is 1.38 bits per heavy atom. The second kappa shape index (κ2) is 8.89. The van der Waals surface area contributed by atoms with E-state index in [-0.39, 0.29) is 30.7 Å². The van der Waals surface area contributed by atoms with Crippen LogP contribution in [0.2, 0.25) is 0 Å². The highest BCUT2D eigenvalue weighted by atomic mass is 16.5. The van der Waals surface area contributed by atoms with Crippen molar-refractivity contribution in [2.45, 2.75) is 51.7 Å². The summed E-state index contributed by atoms with van der Waals surface area (Å²) < 4.78 is 5.38. The van der Waals surface area contributed by atoms with Crippen molar-refractivity contribution < 1.29 is 19.4 Å². The van der Waals surface area contributed by atoms with E-state index in [4.69, 9.17) is 9.84 Å². The van der Waals surface area contributed by atoms with Crippen molar-refractivity contribution in [1.29, 1.82) is 0 Å². The van der Waals surface area contributed by atoms with Crippen LogP contribution in [0.25, 0.3) is 0 Å². The molecular formula is C19H29N3O4. The van der Waals surface area contributed by atoms with Crippen molar-refractivity contribution in [1.82, 2.24) is 15.5 Å². The number of carboxylic acid groups (broad SMARTS) is 1. The van der Waals surface area contributed by atoms with E-state index in [1.165, 1.54) is 0 Å². The van der Waals surface area contributed by atoms with Crippen LogP contribution in [0.15, 0.2) is 18.2 Å². The lowest BCUT2D eigenvalue weighted by Gasteiger charge is -2.42. The predicted molar refractivity (Wildman–Crippen MR) is 99.5 cm³/mol. The molecular weight excluding hydrogens is 334 g/mol. The molecule has 0 saturated heterocycles. The van der Waals surface area contributed by atoms with Crippen molar-refractivity contribution >= 4 is 12.0 Å². The van der Waals surface area contributed by atoms with Gasteiger partial charge in [-0.15, -0.1) is 0 Å². The summed E-state index contributed by atoms with van der Waals surface area (Å²) in [6.45, 7) is 6.62. The lowest BCUT2D eigenvalue weighted by Crippen LogP contribution is -2.56. The summed E-state index contributed by atoms with van der Waals surface area (Å²) in [5.41, 5.74) is 2.04. The van der Waals surface area contributed by atoms with E-state index >= 15 is 0 Å². The Bertz CT molecular complexity index is 644. The molecule has 1 aliphatic rings. The molecule has 0 aliphatic heterocycles. The van der Waals surface area contributed by atoms with Gasteiger partial charge in [-0.25, -0.2) is 4.79 Å². The SMILES string of the molecule is CCN(CC(=O)O)C1CC(NC(=O)N[C@H](C)c2cc(C)ccc2OC)C1. The molecule has 1 aromatic carbocycles. The lowest BCUT2D eigenvalue weighted by molar-refractivity contribution is -0.139. The number of aryl methyl sites for hydroxylation is 1. The van der Waals surface area contributed by atoms with E-state index in [1.54, 1.807) is 7.11 Å². The number of aliphatic carboxylic acids is 1. The van der Waals surface area contributed by atoms with Crippen LogP contribution in [0, 0.1) is 6.92 Å². The molecule has 1 fully saturated rings. The number of urea groups is 1. The molecule has 1 atom stereocenters. The summed E-state index contributed by atoms with van der Waals surface area (Å²) in [7, 11) is 1.62. The average Bonchev–Trinajstić information content (AvgIpc) is 2.55. The van der Waals surface area contributed by atoms with E-state index in [2.05, 4.69) is 10.6 Å². The highest BCUT2D eigenvalue weighted by molar-refractivity contribution is 5.75. The minimum atomic E-state index is -0.818. The molecule has 0 bridgehead atoms. The average molecular weight is 363 g/mol. The number of nitrogens with zero attached hydrogens (tertiary/aromatic N) is 1. The smallest absolute Gasteiger partial charge is 0.317 e. The molecule has 144 valence electrons. The zero-order valence-electron chi connectivity index (χ0n) is 15.9. The van der Waals surface area contributed by atoms with Crippen LogP contribution in [-0.2, 0) is 4.79 Å². The maximum Gasteiger partial charge on any atom is 0.317 e. The summed E-state index contributed by atoms with van der Waals surface area (Å²) >= 11 is 0. The third kappa shape index (κ3) is 5.11. The summed E-state index contributed by atoms with van der Waals surface area (Å²) in [6.07, 6.45) is 1.55. The van der Waals surface area contributed by atoms with Gasteiger partial charge in [-0.1, -0.05) is 24.6 Å².